The molecule has 0 unspecified atom stereocenters. The summed E-state index contributed by atoms with van der Waals surface area (Å²) >= 11 is 0. The van der Waals surface area contributed by atoms with Crippen LogP contribution in [-0.2, 0) is 30.6 Å². The van der Waals surface area contributed by atoms with Crippen molar-refractivity contribution in [1.29, 1.82) is 0 Å². The van der Waals surface area contributed by atoms with E-state index in [-0.39, 0.29) is 38.6 Å². The van der Waals surface area contributed by atoms with Crippen molar-refractivity contribution in [2.75, 3.05) is 0 Å². The van der Waals surface area contributed by atoms with E-state index in [0.717, 1.165) is 55.7 Å². The van der Waals surface area contributed by atoms with Gasteiger partial charge in [0.05, 0.1) is 22.8 Å². The fourth-order valence-electron chi connectivity index (χ4n) is 6.08. The number of aromatic amines is 2. The van der Waals surface area contributed by atoms with Crippen LogP contribution in [0.1, 0.15) is 22.5 Å². The van der Waals surface area contributed by atoms with Gasteiger partial charge in [-0.25, -0.2) is 19.3 Å². The number of nitrogens with one attached hydrogen (secondary N) is 2. The fourth-order valence-corrected chi connectivity index (χ4v) is 6.08. The van der Waals surface area contributed by atoms with E-state index in [1.165, 1.54) is 0 Å². The van der Waals surface area contributed by atoms with Crippen LogP contribution in [-0.4, -0.2) is 52.1 Å². The zero-order valence-corrected chi connectivity index (χ0v) is 30.5. The first-order valence-corrected chi connectivity index (χ1v) is 16.2. The van der Waals surface area contributed by atoms with Gasteiger partial charge in [-0.3, -0.25) is 19.0 Å². The Kier molecular flexibility index (Phi) is 12.6. The molecule has 8 rings (SSSR count). The van der Waals surface area contributed by atoms with Crippen LogP contribution in [0.2, 0.25) is 0 Å². The summed E-state index contributed by atoms with van der Waals surface area (Å²) in [7, 11) is 3.74. The number of hydrogen-bond acceptors (Lipinski definition) is 4. The van der Waals surface area contributed by atoms with Gasteiger partial charge in [-0.2, -0.15) is 0 Å². The smallest absolute Gasteiger partial charge is 0.297 e. The van der Waals surface area contributed by atoms with Crippen molar-refractivity contribution in [1.82, 2.24) is 28.7 Å². The van der Waals surface area contributed by atoms with Gasteiger partial charge >= 0.3 is 0 Å². The van der Waals surface area contributed by atoms with Gasteiger partial charge in [0, 0.05) is 88.3 Å². The third-order valence-corrected chi connectivity index (χ3v) is 8.96. The van der Waals surface area contributed by atoms with Crippen molar-refractivity contribution in [2.24, 2.45) is 24.1 Å². The minimum atomic E-state index is -0.123. The molecule has 0 radical (unpaired) electrons. The standard InChI is InChI=1S/2C20H18N4O.Ni.2H2O/c2*1-14-19(20(25)24(23(14)2)16-8-4-3-5-9-16)22-13-15-12-21-18-11-7-6-10-17(15)18;;;/h2*3-13,21H,1-2H3;;2*1H2. The maximum Gasteiger partial charge on any atom is 0.297 e. The number of benzene rings is 4. The van der Waals surface area contributed by atoms with Gasteiger partial charge in [-0.15, -0.1) is 0 Å². The Morgan fingerprint density at radius 1 is 0.528 bits per heavy atom. The second-order valence-electron chi connectivity index (χ2n) is 11.9. The number of rotatable bonds is 6. The summed E-state index contributed by atoms with van der Waals surface area (Å²) in [4.78, 5) is 41.2. The van der Waals surface area contributed by atoms with Crippen LogP contribution < -0.4 is 11.1 Å². The molecule has 0 aliphatic carbocycles. The maximum absolute atomic E-state index is 12.9. The van der Waals surface area contributed by atoms with Crippen molar-refractivity contribution < 1.29 is 27.4 Å². The Labute approximate surface area is 314 Å². The summed E-state index contributed by atoms with van der Waals surface area (Å²) in [5.74, 6) is 0. The Morgan fingerprint density at radius 2 is 0.868 bits per heavy atom. The molecule has 0 aliphatic rings. The first-order valence-electron chi connectivity index (χ1n) is 16.2. The van der Waals surface area contributed by atoms with Gasteiger partial charge in [0.15, 0.2) is 11.4 Å². The third-order valence-electron chi connectivity index (χ3n) is 8.96. The number of para-hydroxylation sites is 4. The fraction of sp³-hybridized carbons (Fsp3) is 0.100. The van der Waals surface area contributed by atoms with E-state index < -0.39 is 0 Å². The molecule has 0 saturated heterocycles. The van der Waals surface area contributed by atoms with Gasteiger partial charge in [0.1, 0.15) is 0 Å². The van der Waals surface area contributed by atoms with Gasteiger partial charge in [0.25, 0.3) is 11.1 Å². The SMILES string of the molecule is Cc1c(N=Cc2c[nH]c3ccccc23)c(=O)n(-c2ccccc2)n1C.Cc1c(N=Cc2c[nH]c3ccccc23)c(=O)n(-c2ccccc2)n1C.O.O.[Ni]. The Balaban J connectivity index is 0.000000224. The molecule has 0 aliphatic heterocycles. The molecule has 4 heterocycles. The molecule has 6 N–H and O–H groups in total. The minimum absolute atomic E-state index is 0. The second-order valence-corrected chi connectivity index (χ2v) is 11.9. The monoisotopic (exact) mass is 754 g/mol. The predicted molar refractivity (Wildman–Crippen MR) is 210 cm³/mol. The van der Waals surface area contributed by atoms with E-state index in [1.807, 2.05) is 159 Å². The number of aliphatic imine (C=N–C) groups is 2. The normalized spacial score (nSPS) is 10.9. The average Bonchev–Trinajstić information content (AvgIpc) is 3.86. The van der Waals surface area contributed by atoms with Crippen LogP contribution in [0.4, 0.5) is 11.4 Å². The molecule has 53 heavy (non-hydrogen) atoms. The molecule has 0 spiro atoms. The number of aromatic nitrogens is 6. The van der Waals surface area contributed by atoms with Crippen LogP contribution in [0.25, 0.3) is 33.2 Å². The third kappa shape index (κ3) is 7.54. The van der Waals surface area contributed by atoms with Crippen LogP contribution in [0.5, 0.6) is 0 Å². The topological polar surface area (TPSA) is 173 Å². The van der Waals surface area contributed by atoms with Gasteiger partial charge < -0.3 is 20.9 Å². The minimum Gasteiger partial charge on any atom is -0.412 e. The molecule has 8 aromatic rings. The average molecular weight is 756 g/mol. The Morgan fingerprint density at radius 3 is 1.25 bits per heavy atom. The summed E-state index contributed by atoms with van der Waals surface area (Å²) in [5.41, 5.74) is 7.99. The molecule has 13 heteroatoms. The molecule has 0 fully saturated rings. The summed E-state index contributed by atoms with van der Waals surface area (Å²) < 4.78 is 6.94. The van der Waals surface area contributed by atoms with Crippen LogP contribution in [0, 0.1) is 13.8 Å². The van der Waals surface area contributed by atoms with E-state index >= 15 is 0 Å². The molecule has 0 amide bonds. The number of H-pyrrole nitrogens is 2. The first-order chi connectivity index (χ1) is 24.3. The van der Waals surface area contributed by atoms with E-state index in [2.05, 4.69) is 20.0 Å². The van der Waals surface area contributed by atoms with Crippen LogP contribution in [0.15, 0.2) is 141 Å². The predicted octanol–water partition coefficient (Wildman–Crippen LogP) is 5.78. The molecule has 0 bridgehead atoms. The van der Waals surface area contributed by atoms with E-state index in [4.69, 9.17) is 0 Å². The molecule has 274 valence electrons. The molecule has 0 saturated carbocycles. The van der Waals surface area contributed by atoms with Gasteiger partial charge in [0.2, 0.25) is 0 Å². The molecule has 4 aromatic carbocycles. The van der Waals surface area contributed by atoms with Crippen molar-refractivity contribution in [2.45, 2.75) is 13.8 Å². The zero-order chi connectivity index (χ0) is 34.8. The van der Waals surface area contributed by atoms with E-state index in [0.29, 0.717) is 11.4 Å². The van der Waals surface area contributed by atoms with Crippen LogP contribution >= 0.6 is 0 Å². The summed E-state index contributed by atoms with van der Waals surface area (Å²) in [6.07, 6.45) is 7.31. The number of nitrogens with zero attached hydrogens (tertiary/aromatic N) is 6. The zero-order valence-electron chi connectivity index (χ0n) is 29.5. The summed E-state index contributed by atoms with van der Waals surface area (Å²) in [5, 5.41) is 2.17. The molecule has 0 atom stereocenters. The van der Waals surface area contributed by atoms with Crippen molar-refractivity contribution in [3.8, 4) is 11.4 Å². The second kappa shape index (κ2) is 16.8. The van der Waals surface area contributed by atoms with Crippen molar-refractivity contribution >= 4 is 45.6 Å². The molecular weight excluding hydrogens is 715 g/mol. The maximum atomic E-state index is 12.9. The molecule has 4 aromatic heterocycles. The van der Waals surface area contributed by atoms with E-state index in [1.54, 1.807) is 21.8 Å². The van der Waals surface area contributed by atoms with E-state index in [9.17, 15) is 9.59 Å². The summed E-state index contributed by atoms with van der Waals surface area (Å²) in [6, 6.07) is 35.2. The van der Waals surface area contributed by atoms with Gasteiger partial charge in [-0.1, -0.05) is 72.8 Å². The Hall–Kier alpha value is -6.27. The van der Waals surface area contributed by atoms with Crippen LogP contribution in [0.3, 0.4) is 0 Å². The first kappa shape index (κ1) is 39.5. The Bertz CT molecular complexity index is 2460. The number of hydrogen-bond donors (Lipinski definition) is 2. The summed E-state index contributed by atoms with van der Waals surface area (Å²) in [6.45, 7) is 3.81. The van der Waals surface area contributed by atoms with Crippen molar-refractivity contribution in [3.05, 3.63) is 165 Å². The van der Waals surface area contributed by atoms with Crippen molar-refractivity contribution in [3.63, 3.8) is 0 Å². The largest absolute Gasteiger partial charge is 0.412 e. The molecular formula is C40H40N8NiO4. The van der Waals surface area contributed by atoms with Gasteiger partial charge in [-0.05, 0) is 50.2 Å². The number of fused-ring (bicyclic) bond motifs is 2. The molecule has 12 nitrogen and oxygen atoms in total. The quantitative estimate of drug-likeness (QED) is 0.162.